The van der Waals surface area contributed by atoms with Crippen LogP contribution in [-0.2, 0) is 15.3 Å². The van der Waals surface area contributed by atoms with Crippen molar-refractivity contribution in [3.63, 3.8) is 0 Å². The Morgan fingerprint density at radius 3 is 2.69 bits per heavy atom. The van der Waals surface area contributed by atoms with E-state index >= 15 is 0 Å². The molecule has 0 aliphatic carbocycles. The molecule has 3 nitrogen and oxygen atoms in total. The largest absolute Gasteiger partial charge is 0.344 e. The van der Waals surface area contributed by atoms with Crippen molar-refractivity contribution >= 4 is 11.6 Å². The maximum atomic E-state index is 13.6. The van der Waals surface area contributed by atoms with E-state index in [1.54, 1.807) is 6.92 Å². The lowest BCUT2D eigenvalue weighted by atomic mass is 10.1. The van der Waals surface area contributed by atoms with Crippen LogP contribution in [-0.4, -0.2) is 19.3 Å². The number of halogens is 2. The van der Waals surface area contributed by atoms with Gasteiger partial charge in [-0.05, 0) is 25.1 Å². The van der Waals surface area contributed by atoms with E-state index in [1.807, 2.05) is 0 Å². The van der Waals surface area contributed by atoms with Crippen LogP contribution in [0, 0.1) is 5.82 Å². The van der Waals surface area contributed by atoms with Gasteiger partial charge in [0.15, 0.2) is 5.79 Å². The Labute approximate surface area is 98.3 Å². The summed E-state index contributed by atoms with van der Waals surface area (Å²) in [5.41, 5.74) is 5.93. The number of nitrogens with two attached hydrogens (primary N) is 1. The van der Waals surface area contributed by atoms with E-state index in [1.165, 1.54) is 18.2 Å². The molecule has 0 amide bonds. The Balaban J connectivity index is 2.32. The van der Waals surface area contributed by atoms with E-state index in [9.17, 15) is 4.39 Å². The Bertz CT molecular complexity index is 392. The highest BCUT2D eigenvalue weighted by Gasteiger charge is 2.36. The lowest BCUT2D eigenvalue weighted by molar-refractivity contribution is -0.271. The Kier molecular flexibility index (Phi) is 3.17. The zero-order valence-electron chi connectivity index (χ0n) is 8.87. The van der Waals surface area contributed by atoms with Crippen molar-refractivity contribution in [3.8, 4) is 0 Å². The quantitative estimate of drug-likeness (QED) is 0.823. The molecule has 5 heteroatoms. The van der Waals surface area contributed by atoms with Gasteiger partial charge in [-0.15, -0.1) is 0 Å². The Hall–Kier alpha value is -0.680. The minimum atomic E-state index is -1.11. The number of ether oxygens (including phenoxy) is 2. The first-order chi connectivity index (χ1) is 7.51. The third kappa shape index (κ3) is 2.20. The summed E-state index contributed by atoms with van der Waals surface area (Å²) in [5.74, 6) is -1.51. The van der Waals surface area contributed by atoms with Crippen LogP contribution in [0.15, 0.2) is 18.2 Å². The average Bonchev–Trinajstić information content (AvgIpc) is 2.26. The third-order valence-electron chi connectivity index (χ3n) is 2.56. The van der Waals surface area contributed by atoms with E-state index in [0.29, 0.717) is 23.8 Å². The molecule has 0 bridgehead atoms. The van der Waals surface area contributed by atoms with Gasteiger partial charge < -0.3 is 15.2 Å². The SMILES string of the molecule is CC1(c2cc(Cl)ccc2F)OCC(N)CO1. The minimum Gasteiger partial charge on any atom is -0.344 e. The summed E-state index contributed by atoms with van der Waals surface area (Å²) in [6.45, 7) is 2.33. The lowest BCUT2D eigenvalue weighted by Gasteiger charge is -2.36. The van der Waals surface area contributed by atoms with Crippen molar-refractivity contribution in [1.29, 1.82) is 0 Å². The molecule has 1 saturated heterocycles. The van der Waals surface area contributed by atoms with E-state index in [2.05, 4.69) is 0 Å². The van der Waals surface area contributed by atoms with Gasteiger partial charge in [0.1, 0.15) is 5.82 Å². The average molecular weight is 246 g/mol. The standard InChI is InChI=1S/C11H13ClFNO2/c1-11(15-5-8(14)6-16-11)9-4-7(12)2-3-10(9)13/h2-4,8H,5-6,14H2,1H3. The molecule has 0 atom stereocenters. The Morgan fingerprint density at radius 1 is 1.44 bits per heavy atom. The molecule has 0 saturated carbocycles. The van der Waals surface area contributed by atoms with Gasteiger partial charge in [0.2, 0.25) is 0 Å². The molecule has 1 heterocycles. The number of rotatable bonds is 1. The second-order valence-corrected chi connectivity index (χ2v) is 4.39. The molecule has 1 fully saturated rings. The summed E-state index contributed by atoms with van der Waals surface area (Å²) in [4.78, 5) is 0. The normalized spacial score (nSPS) is 30.4. The zero-order chi connectivity index (χ0) is 11.8. The molecular weight excluding hydrogens is 233 g/mol. The molecule has 1 aromatic rings. The molecule has 0 unspecified atom stereocenters. The van der Waals surface area contributed by atoms with Gasteiger partial charge in [-0.1, -0.05) is 11.6 Å². The highest BCUT2D eigenvalue weighted by atomic mass is 35.5. The molecular formula is C11H13ClFNO2. The van der Waals surface area contributed by atoms with Crippen LogP contribution < -0.4 is 5.73 Å². The van der Waals surface area contributed by atoms with E-state index < -0.39 is 11.6 Å². The van der Waals surface area contributed by atoms with Crippen molar-refractivity contribution < 1.29 is 13.9 Å². The molecule has 1 aliphatic heterocycles. The topological polar surface area (TPSA) is 44.5 Å². The summed E-state index contributed by atoms with van der Waals surface area (Å²) in [5, 5.41) is 0.444. The fraction of sp³-hybridized carbons (Fsp3) is 0.455. The smallest absolute Gasteiger partial charge is 0.194 e. The van der Waals surface area contributed by atoms with Gasteiger partial charge in [0.05, 0.1) is 19.3 Å². The summed E-state index contributed by atoms with van der Waals surface area (Å²) in [7, 11) is 0. The van der Waals surface area contributed by atoms with Crippen molar-refractivity contribution in [1.82, 2.24) is 0 Å². The molecule has 0 aromatic heterocycles. The van der Waals surface area contributed by atoms with Crippen LogP contribution in [0.2, 0.25) is 5.02 Å². The third-order valence-corrected chi connectivity index (χ3v) is 2.80. The fourth-order valence-corrected chi connectivity index (χ4v) is 1.80. The predicted octanol–water partition coefficient (Wildman–Crippen LogP) is 2.03. The zero-order valence-corrected chi connectivity index (χ0v) is 9.63. The fourth-order valence-electron chi connectivity index (χ4n) is 1.62. The highest BCUT2D eigenvalue weighted by molar-refractivity contribution is 6.30. The van der Waals surface area contributed by atoms with Crippen LogP contribution >= 0.6 is 11.6 Å². The van der Waals surface area contributed by atoms with Crippen LogP contribution in [0.1, 0.15) is 12.5 Å². The van der Waals surface area contributed by atoms with Gasteiger partial charge in [-0.25, -0.2) is 4.39 Å². The number of benzene rings is 1. The van der Waals surface area contributed by atoms with Crippen LogP contribution in [0.3, 0.4) is 0 Å². The highest BCUT2D eigenvalue weighted by Crippen LogP contribution is 2.33. The van der Waals surface area contributed by atoms with Crippen molar-refractivity contribution in [3.05, 3.63) is 34.6 Å². The molecule has 16 heavy (non-hydrogen) atoms. The number of hydrogen-bond donors (Lipinski definition) is 1. The first-order valence-corrected chi connectivity index (χ1v) is 5.38. The first-order valence-electron chi connectivity index (χ1n) is 5.00. The molecule has 2 N–H and O–H groups in total. The molecule has 0 radical (unpaired) electrons. The second kappa shape index (κ2) is 4.30. The summed E-state index contributed by atoms with van der Waals surface area (Å²) < 4.78 is 24.6. The Morgan fingerprint density at radius 2 is 2.06 bits per heavy atom. The van der Waals surface area contributed by atoms with Gasteiger partial charge in [0.25, 0.3) is 0 Å². The van der Waals surface area contributed by atoms with Gasteiger partial charge in [-0.3, -0.25) is 0 Å². The van der Waals surface area contributed by atoms with Crippen molar-refractivity contribution in [2.75, 3.05) is 13.2 Å². The lowest BCUT2D eigenvalue weighted by Crippen LogP contribution is -2.46. The first kappa shape index (κ1) is 11.8. The second-order valence-electron chi connectivity index (χ2n) is 3.95. The van der Waals surface area contributed by atoms with Crippen LogP contribution in [0.25, 0.3) is 0 Å². The maximum Gasteiger partial charge on any atom is 0.194 e. The monoisotopic (exact) mass is 245 g/mol. The predicted molar refractivity (Wildman–Crippen MR) is 58.6 cm³/mol. The van der Waals surface area contributed by atoms with E-state index in [4.69, 9.17) is 26.8 Å². The summed E-state index contributed by atoms with van der Waals surface area (Å²) in [6, 6.07) is 4.12. The molecule has 0 spiro atoms. The minimum absolute atomic E-state index is 0.171. The van der Waals surface area contributed by atoms with Crippen LogP contribution in [0.4, 0.5) is 4.39 Å². The number of hydrogen-bond acceptors (Lipinski definition) is 3. The summed E-state index contributed by atoms with van der Waals surface area (Å²) in [6.07, 6.45) is 0. The molecule has 88 valence electrons. The van der Waals surface area contributed by atoms with Crippen molar-refractivity contribution in [2.24, 2.45) is 5.73 Å². The maximum absolute atomic E-state index is 13.6. The summed E-state index contributed by atoms with van der Waals surface area (Å²) >= 11 is 5.82. The van der Waals surface area contributed by atoms with E-state index in [-0.39, 0.29) is 6.04 Å². The van der Waals surface area contributed by atoms with Crippen molar-refractivity contribution in [2.45, 2.75) is 18.8 Å². The van der Waals surface area contributed by atoms with E-state index in [0.717, 1.165) is 0 Å². The molecule has 1 aliphatic rings. The van der Waals surface area contributed by atoms with Gasteiger partial charge in [-0.2, -0.15) is 0 Å². The molecule has 1 aromatic carbocycles. The van der Waals surface area contributed by atoms with Gasteiger partial charge in [0, 0.05) is 10.6 Å². The van der Waals surface area contributed by atoms with Gasteiger partial charge >= 0.3 is 0 Å². The van der Waals surface area contributed by atoms with Crippen LogP contribution in [0.5, 0.6) is 0 Å². The molecule has 2 rings (SSSR count).